The van der Waals surface area contributed by atoms with Gasteiger partial charge in [-0.05, 0) is 19.1 Å². The van der Waals surface area contributed by atoms with Crippen molar-refractivity contribution in [1.82, 2.24) is 15.0 Å². The Hall–Kier alpha value is -2.15. The summed E-state index contributed by atoms with van der Waals surface area (Å²) in [6.07, 6.45) is 0.136. The number of hydrogen-bond donors (Lipinski definition) is 1. The number of pyridine rings is 1. The molecule has 3 rings (SSSR count). The zero-order valence-electron chi connectivity index (χ0n) is 12.0. The molecule has 1 fully saturated rings. The van der Waals surface area contributed by atoms with E-state index in [-0.39, 0.29) is 12.4 Å². The number of fused-ring (bicyclic) bond motifs is 1. The lowest BCUT2D eigenvalue weighted by molar-refractivity contribution is -0.142. The van der Waals surface area contributed by atoms with Gasteiger partial charge < -0.3 is 19.4 Å². The number of rotatable bonds is 4. The van der Waals surface area contributed by atoms with Crippen LogP contribution < -0.4 is 4.90 Å². The van der Waals surface area contributed by atoms with Crippen molar-refractivity contribution in [2.24, 2.45) is 0 Å². The van der Waals surface area contributed by atoms with Gasteiger partial charge in [-0.1, -0.05) is 0 Å². The average Bonchev–Trinajstić information content (AvgIpc) is 2.89. The number of esters is 1. The second-order valence-electron chi connectivity index (χ2n) is 4.81. The van der Waals surface area contributed by atoms with Gasteiger partial charge in [0.05, 0.1) is 25.3 Å². The van der Waals surface area contributed by atoms with Crippen LogP contribution in [0.25, 0.3) is 11.2 Å². The highest BCUT2D eigenvalue weighted by Gasteiger charge is 2.15. The zero-order valence-corrected chi connectivity index (χ0v) is 12.0. The first kappa shape index (κ1) is 13.8. The lowest BCUT2D eigenvalue weighted by Gasteiger charge is -2.27. The molecule has 0 unspecified atom stereocenters. The van der Waals surface area contributed by atoms with Gasteiger partial charge in [-0.25, -0.2) is 9.97 Å². The fourth-order valence-electron chi connectivity index (χ4n) is 2.33. The maximum Gasteiger partial charge on any atom is 0.313 e. The van der Waals surface area contributed by atoms with Crippen molar-refractivity contribution in [3.05, 3.63) is 18.0 Å². The third-order valence-electron chi connectivity index (χ3n) is 3.33. The first-order valence-corrected chi connectivity index (χ1v) is 7.10. The average molecular weight is 290 g/mol. The Kier molecular flexibility index (Phi) is 4.01. The lowest BCUT2D eigenvalue weighted by atomic mass is 10.3. The van der Waals surface area contributed by atoms with E-state index in [0.29, 0.717) is 31.3 Å². The molecule has 3 heterocycles. The fourth-order valence-corrected chi connectivity index (χ4v) is 2.33. The Morgan fingerprint density at radius 3 is 2.95 bits per heavy atom. The molecule has 0 saturated carbocycles. The van der Waals surface area contributed by atoms with E-state index in [1.165, 1.54) is 0 Å². The first-order chi connectivity index (χ1) is 10.3. The number of H-pyrrole nitrogens is 1. The van der Waals surface area contributed by atoms with E-state index in [9.17, 15) is 4.79 Å². The summed E-state index contributed by atoms with van der Waals surface area (Å²) in [5.74, 6) is 1.18. The molecule has 112 valence electrons. The summed E-state index contributed by atoms with van der Waals surface area (Å²) >= 11 is 0. The number of aromatic amines is 1. The smallest absolute Gasteiger partial charge is 0.313 e. The van der Waals surface area contributed by atoms with Crippen LogP contribution in [0, 0.1) is 0 Å². The van der Waals surface area contributed by atoms with Gasteiger partial charge >= 0.3 is 5.97 Å². The Morgan fingerprint density at radius 1 is 1.38 bits per heavy atom. The third-order valence-corrected chi connectivity index (χ3v) is 3.33. The minimum atomic E-state index is -0.287. The third kappa shape index (κ3) is 3.13. The van der Waals surface area contributed by atoms with Crippen molar-refractivity contribution < 1.29 is 14.3 Å². The number of morpholine rings is 1. The summed E-state index contributed by atoms with van der Waals surface area (Å²) in [6.45, 7) is 5.26. The highest BCUT2D eigenvalue weighted by molar-refractivity contribution is 5.76. The summed E-state index contributed by atoms with van der Waals surface area (Å²) in [4.78, 5) is 25.7. The van der Waals surface area contributed by atoms with E-state index in [0.717, 1.165) is 24.4 Å². The summed E-state index contributed by atoms with van der Waals surface area (Å²) in [6, 6.07) is 3.90. The number of aromatic nitrogens is 3. The van der Waals surface area contributed by atoms with Crippen molar-refractivity contribution >= 4 is 23.0 Å². The van der Waals surface area contributed by atoms with E-state index in [4.69, 9.17) is 9.47 Å². The molecule has 1 saturated heterocycles. The zero-order chi connectivity index (χ0) is 14.7. The molecule has 1 aliphatic heterocycles. The quantitative estimate of drug-likeness (QED) is 0.843. The molecule has 0 aliphatic carbocycles. The predicted molar refractivity (Wildman–Crippen MR) is 77.3 cm³/mol. The van der Waals surface area contributed by atoms with Gasteiger partial charge in [0.2, 0.25) is 0 Å². The number of nitrogens with one attached hydrogen (secondary N) is 1. The monoisotopic (exact) mass is 290 g/mol. The highest BCUT2D eigenvalue weighted by atomic mass is 16.5. The number of ether oxygens (including phenoxy) is 2. The lowest BCUT2D eigenvalue weighted by Crippen LogP contribution is -2.36. The molecule has 7 heteroatoms. The van der Waals surface area contributed by atoms with Crippen LogP contribution in [-0.2, 0) is 20.7 Å². The molecule has 1 N–H and O–H groups in total. The van der Waals surface area contributed by atoms with Crippen molar-refractivity contribution in [2.75, 3.05) is 37.8 Å². The fraction of sp³-hybridized carbons (Fsp3) is 0.500. The molecule has 2 aromatic rings. The molecule has 0 atom stereocenters. The number of anilines is 1. The Morgan fingerprint density at radius 2 is 2.19 bits per heavy atom. The minimum Gasteiger partial charge on any atom is -0.466 e. The van der Waals surface area contributed by atoms with E-state index in [1.807, 2.05) is 12.1 Å². The second kappa shape index (κ2) is 6.09. The van der Waals surface area contributed by atoms with Gasteiger partial charge in [-0.3, -0.25) is 4.79 Å². The van der Waals surface area contributed by atoms with Crippen LogP contribution in [0.4, 0.5) is 5.82 Å². The molecular weight excluding hydrogens is 272 g/mol. The van der Waals surface area contributed by atoms with Gasteiger partial charge in [-0.2, -0.15) is 0 Å². The highest BCUT2D eigenvalue weighted by Crippen LogP contribution is 2.17. The van der Waals surface area contributed by atoms with Crippen LogP contribution in [0.3, 0.4) is 0 Å². The Bertz CT molecular complexity index is 634. The van der Waals surface area contributed by atoms with Crippen molar-refractivity contribution in [1.29, 1.82) is 0 Å². The number of nitrogens with zero attached hydrogens (tertiary/aromatic N) is 3. The molecule has 0 bridgehead atoms. The van der Waals surface area contributed by atoms with Crippen LogP contribution >= 0.6 is 0 Å². The molecule has 0 radical (unpaired) electrons. The molecule has 1 aliphatic rings. The van der Waals surface area contributed by atoms with E-state index in [1.54, 1.807) is 6.92 Å². The van der Waals surface area contributed by atoms with Crippen LogP contribution in [0.2, 0.25) is 0 Å². The van der Waals surface area contributed by atoms with Crippen molar-refractivity contribution in [3.8, 4) is 0 Å². The summed E-state index contributed by atoms with van der Waals surface area (Å²) in [5.41, 5.74) is 1.45. The first-order valence-electron chi connectivity index (χ1n) is 7.10. The molecule has 0 spiro atoms. The number of carbonyl (C=O) groups excluding carboxylic acids is 1. The topological polar surface area (TPSA) is 80.3 Å². The van der Waals surface area contributed by atoms with Gasteiger partial charge in [0.15, 0.2) is 5.65 Å². The normalized spacial score (nSPS) is 15.4. The van der Waals surface area contributed by atoms with E-state index >= 15 is 0 Å². The number of imidazole rings is 1. The Balaban J connectivity index is 1.79. The predicted octanol–water partition coefficient (Wildman–Crippen LogP) is 0.900. The summed E-state index contributed by atoms with van der Waals surface area (Å²) in [5, 5.41) is 0. The summed E-state index contributed by atoms with van der Waals surface area (Å²) < 4.78 is 10.3. The van der Waals surface area contributed by atoms with Gasteiger partial charge in [0.25, 0.3) is 0 Å². The van der Waals surface area contributed by atoms with Gasteiger partial charge in [0, 0.05) is 13.1 Å². The molecule has 7 nitrogen and oxygen atoms in total. The van der Waals surface area contributed by atoms with Crippen molar-refractivity contribution in [2.45, 2.75) is 13.3 Å². The maximum absolute atomic E-state index is 11.5. The largest absolute Gasteiger partial charge is 0.466 e. The molecule has 21 heavy (non-hydrogen) atoms. The van der Waals surface area contributed by atoms with Crippen molar-refractivity contribution in [3.63, 3.8) is 0 Å². The number of carbonyl (C=O) groups is 1. The standard InChI is InChI=1S/C14H18N4O3/c1-2-21-13(19)9-11-15-10-3-4-12(17-14(10)16-11)18-5-7-20-8-6-18/h3-4H,2,5-9H2,1H3,(H,15,16,17). The molecular formula is C14H18N4O3. The minimum absolute atomic E-state index is 0.136. The Labute approximate surface area is 122 Å². The van der Waals surface area contributed by atoms with E-state index < -0.39 is 0 Å². The van der Waals surface area contributed by atoms with Crippen LogP contribution in [0.15, 0.2) is 12.1 Å². The van der Waals surface area contributed by atoms with Crippen LogP contribution in [0.5, 0.6) is 0 Å². The molecule has 0 aromatic carbocycles. The van der Waals surface area contributed by atoms with Crippen LogP contribution in [0.1, 0.15) is 12.7 Å². The van der Waals surface area contributed by atoms with Gasteiger partial charge in [-0.15, -0.1) is 0 Å². The van der Waals surface area contributed by atoms with Gasteiger partial charge in [0.1, 0.15) is 18.1 Å². The van der Waals surface area contributed by atoms with Crippen LogP contribution in [-0.4, -0.2) is 53.8 Å². The summed E-state index contributed by atoms with van der Waals surface area (Å²) in [7, 11) is 0. The second-order valence-corrected chi connectivity index (χ2v) is 4.81. The SMILES string of the molecule is CCOC(=O)Cc1nc2nc(N3CCOCC3)ccc2[nH]1. The maximum atomic E-state index is 11.5. The number of hydrogen-bond acceptors (Lipinski definition) is 6. The molecule has 2 aromatic heterocycles. The molecule has 0 amide bonds. The van der Waals surface area contributed by atoms with E-state index in [2.05, 4.69) is 19.9 Å².